The molecule has 0 saturated carbocycles. The lowest BCUT2D eigenvalue weighted by Gasteiger charge is -2.10. The van der Waals surface area contributed by atoms with Crippen molar-refractivity contribution >= 4 is 34.8 Å². The van der Waals surface area contributed by atoms with Crippen LogP contribution in [-0.4, -0.2) is 20.3 Å². The topological polar surface area (TPSA) is 40.5 Å². The summed E-state index contributed by atoms with van der Waals surface area (Å²) in [4.78, 5) is 0. The molecule has 0 unspecified atom stereocenters. The van der Waals surface area contributed by atoms with Crippen molar-refractivity contribution in [2.24, 2.45) is 0 Å². The molecule has 0 amide bonds. The summed E-state index contributed by atoms with van der Waals surface area (Å²) in [6, 6.07) is 0. The summed E-state index contributed by atoms with van der Waals surface area (Å²) in [5, 5.41) is 16.1. The van der Waals surface area contributed by atoms with Gasteiger partial charge >= 0.3 is 0 Å². The number of halogens is 3. The fourth-order valence-corrected chi connectivity index (χ4v) is 0. The summed E-state index contributed by atoms with van der Waals surface area (Å²) in [6.07, 6.45) is -1.91. The van der Waals surface area contributed by atoms with E-state index in [0.29, 0.717) is 0 Å². The lowest BCUT2D eigenvalue weighted by molar-refractivity contribution is -0.0355. The van der Waals surface area contributed by atoms with Gasteiger partial charge in [0, 0.05) is 0 Å². The average Bonchev–Trinajstić information content (AvgIpc) is 1.31. The predicted molar refractivity (Wildman–Crippen MR) is 28.5 cm³/mol. The largest absolute Gasteiger partial charge is 0.365 e. The van der Waals surface area contributed by atoms with Crippen molar-refractivity contribution in [3.8, 4) is 0 Å². The Kier molecular flexibility index (Phi) is 2.64. The third-order valence-electron chi connectivity index (χ3n) is 0.293. The van der Waals surface area contributed by atoms with Gasteiger partial charge in [-0.15, -0.1) is 0 Å². The van der Waals surface area contributed by atoms with Crippen LogP contribution in [-0.2, 0) is 0 Å². The van der Waals surface area contributed by atoms with E-state index in [1.54, 1.807) is 0 Å². The minimum absolute atomic E-state index is 1.91. The highest BCUT2D eigenvalue weighted by molar-refractivity contribution is 6.67. The third kappa shape index (κ3) is 3.38. The van der Waals surface area contributed by atoms with E-state index in [1.165, 1.54) is 0 Å². The maximum Gasteiger partial charge on any atom is 0.240 e. The van der Waals surface area contributed by atoms with Crippen molar-refractivity contribution in [1.82, 2.24) is 0 Å². The molecule has 0 aromatic rings. The van der Waals surface area contributed by atoms with Crippen LogP contribution in [0.15, 0.2) is 0 Å². The van der Waals surface area contributed by atoms with Crippen molar-refractivity contribution in [3.05, 3.63) is 0 Å². The Morgan fingerprint density at radius 2 is 1.29 bits per heavy atom. The molecule has 2 N–H and O–H groups in total. The predicted octanol–water partition coefficient (Wildman–Crippen LogP) is 0.667. The smallest absolute Gasteiger partial charge is 0.240 e. The first-order valence-electron chi connectivity index (χ1n) is 1.37. The van der Waals surface area contributed by atoms with Crippen molar-refractivity contribution < 1.29 is 10.2 Å². The molecule has 0 bridgehead atoms. The van der Waals surface area contributed by atoms with Crippen molar-refractivity contribution in [1.29, 1.82) is 0 Å². The summed E-state index contributed by atoms with van der Waals surface area (Å²) in [5.74, 6) is 0. The Labute approximate surface area is 55.6 Å². The Morgan fingerprint density at radius 3 is 1.29 bits per heavy atom. The molecule has 0 radical (unpaired) electrons. The van der Waals surface area contributed by atoms with Gasteiger partial charge in [-0.3, -0.25) is 0 Å². The number of hydrogen-bond donors (Lipinski definition) is 2. The van der Waals surface area contributed by atoms with E-state index < -0.39 is 10.1 Å². The van der Waals surface area contributed by atoms with Gasteiger partial charge in [-0.05, 0) is 0 Å². The zero-order valence-corrected chi connectivity index (χ0v) is 5.37. The van der Waals surface area contributed by atoms with E-state index in [-0.39, 0.29) is 0 Å². The number of hydrogen-bond acceptors (Lipinski definition) is 2. The fourth-order valence-electron chi connectivity index (χ4n) is 0. The quantitative estimate of drug-likeness (QED) is 0.316. The Morgan fingerprint density at radius 1 is 1.14 bits per heavy atom. The molecule has 0 fully saturated rings. The summed E-state index contributed by atoms with van der Waals surface area (Å²) in [5.41, 5.74) is 0. The van der Waals surface area contributed by atoms with Crippen LogP contribution in [0.3, 0.4) is 0 Å². The Hall–Kier alpha value is 0.790. The molecule has 0 aliphatic carbocycles. The highest BCUT2D eigenvalue weighted by Gasteiger charge is 2.28. The van der Waals surface area contributed by atoms with Crippen molar-refractivity contribution in [3.63, 3.8) is 0 Å². The van der Waals surface area contributed by atoms with Gasteiger partial charge in [0.15, 0.2) is 6.29 Å². The van der Waals surface area contributed by atoms with Gasteiger partial charge in [0.2, 0.25) is 3.79 Å². The molecule has 0 spiro atoms. The molecule has 0 aromatic carbocycles. The van der Waals surface area contributed by atoms with Crippen LogP contribution in [0.2, 0.25) is 0 Å². The minimum atomic E-state index is -1.97. The molecule has 7 heavy (non-hydrogen) atoms. The zero-order valence-electron chi connectivity index (χ0n) is 3.11. The molecule has 0 aliphatic rings. The molecule has 2 nitrogen and oxygen atoms in total. The molecule has 0 rings (SSSR count). The summed E-state index contributed by atoms with van der Waals surface area (Å²) < 4.78 is -1.97. The first kappa shape index (κ1) is 7.79. The lowest BCUT2D eigenvalue weighted by Crippen LogP contribution is -2.23. The number of aliphatic hydroxyl groups excluding tert-OH is 1. The van der Waals surface area contributed by atoms with Gasteiger partial charge in [0.25, 0.3) is 0 Å². The van der Waals surface area contributed by atoms with Crippen LogP contribution >= 0.6 is 34.8 Å². The van der Waals surface area contributed by atoms with Gasteiger partial charge < -0.3 is 10.2 Å². The normalized spacial score (nSPS) is 12.9. The first-order chi connectivity index (χ1) is 2.94. The van der Waals surface area contributed by atoms with E-state index in [9.17, 15) is 0 Å². The van der Waals surface area contributed by atoms with Crippen LogP contribution in [0.25, 0.3) is 0 Å². The third-order valence-corrected chi connectivity index (χ3v) is 0.878. The molecule has 0 aromatic heterocycles. The maximum absolute atomic E-state index is 8.05. The molecule has 0 heterocycles. The summed E-state index contributed by atoms with van der Waals surface area (Å²) >= 11 is 14.7. The first-order valence-corrected chi connectivity index (χ1v) is 2.51. The van der Waals surface area contributed by atoms with E-state index in [4.69, 9.17) is 45.0 Å². The van der Waals surface area contributed by atoms with E-state index in [2.05, 4.69) is 0 Å². The van der Waals surface area contributed by atoms with Crippen LogP contribution in [0.4, 0.5) is 0 Å². The van der Waals surface area contributed by atoms with Crippen LogP contribution in [0.1, 0.15) is 0 Å². The molecule has 0 aliphatic heterocycles. The van der Waals surface area contributed by atoms with Crippen LogP contribution in [0.5, 0.6) is 0 Å². The van der Waals surface area contributed by atoms with Crippen LogP contribution in [0, 0.1) is 0 Å². The minimum Gasteiger partial charge on any atom is -0.365 e. The Bertz CT molecular complexity index is 56.4. The average molecular weight is 167 g/mol. The molecule has 0 atom stereocenters. The second-order valence-corrected chi connectivity index (χ2v) is 3.28. The monoisotopic (exact) mass is 166 g/mol. The van der Waals surface area contributed by atoms with Gasteiger partial charge in [-0.2, -0.15) is 0 Å². The van der Waals surface area contributed by atoms with Crippen molar-refractivity contribution in [2.75, 3.05) is 0 Å². The summed E-state index contributed by atoms with van der Waals surface area (Å²) in [7, 11) is 0. The fraction of sp³-hybridized carbons (Fsp3) is 1.00. The second-order valence-electron chi connectivity index (χ2n) is 0.915. The van der Waals surface area contributed by atoms with E-state index in [0.717, 1.165) is 0 Å². The standard InChI is InChI=1S/C2H3Cl3O2/c3-2(4,5)1(6)7/h1,6-7H/i1+1,2+1. The van der Waals surface area contributed by atoms with Gasteiger partial charge in [-0.1, -0.05) is 34.8 Å². The number of rotatable bonds is 0. The molecular formula is C2H3Cl3O2. The maximum atomic E-state index is 8.05. The van der Waals surface area contributed by atoms with Gasteiger partial charge in [-0.25, -0.2) is 0 Å². The number of alkyl halides is 3. The molecule has 5 heteroatoms. The van der Waals surface area contributed by atoms with Gasteiger partial charge in [0.05, 0.1) is 0 Å². The SMILES string of the molecule is O[13CH](O)[13C](Cl)(Cl)Cl. The van der Waals surface area contributed by atoms with Crippen molar-refractivity contribution in [2.45, 2.75) is 10.1 Å². The highest BCUT2D eigenvalue weighted by Crippen LogP contribution is 2.28. The summed E-state index contributed by atoms with van der Waals surface area (Å²) in [6.45, 7) is 0. The number of aliphatic hydroxyl groups is 2. The molecular weight excluding hydrogens is 164 g/mol. The molecule has 0 saturated heterocycles. The molecule has 44 valence electrons. The van der Waals surface area contributed by atoms with Gasteiger partial charge in [0.1, 0.15) is 0 Å². The second kappa shape index (κ2) is 2.37. The zero-order chi connectivity index (χ0) is 6.08. The highest BCUT2D eigenvalue weighted by atomic mass is 35.6. The van der Waals surface area contributed by atoms with Crippen LogP contribution < -0.4 is 0 Å². The Balaban J connectivity index is 3.54. The van der Waals surface area contributed by atoms with E-state index >= 15 is 0 Å². The van der Waals surface area contributed by atoms with E-state index in [1.807, 2.05) is 0 Å². The lowest BCUT2D eigenvalue weighted by atomic mass is 11.7.